The summed E-state index contributed by atoms with van der Waals surface area (Å²) in [6.07, 6.45) is 0.0833. The first-order valence-corrected chi connectivity index (χ1v) is 2.12. The van der Waals surface area contributed by atoms with Gasteiger partial charge in [0.05, 0.1) is 6.42 Å². The van der Waals surface area contributed by atoms with E-state index in [0.29, 0.717) is 0 Å². The molecule has 0 aliphatic rings. The fourth-order valence-electron chi connectivity index (χ4n) is 0.351. The van der Waals surface area contributed by atoms with Crippen LogP contribution in [0.4, 0.5) is 4.70 Å². The van der Waals surface area contributed by atoms with Gasteiger partial charge in [-0.05, 0) is 13.8 Å². The van der Waals surface area contributed by atoms with Crippen molar-refractivity contribution in [3.05, 3.63) is 0 Å². The Morgan fingerprint density at radius 1 is 1.11 bits per heavy atom. The molecular weight excluding hydrogens is 280 g/mol. The van der Waals surface area contributed by atoms with Crippen molar-refractivity contribution in [2.75, 3.05) is 0 Å². The summed E-state index contributed by atoms with van der Waals surface area (Å²) in [5.74, 6) is -0.125. The number of rotatable bonds is 2. The van der Waals surface area contributed by atoms with E-state index in [1.165, 1.54) is 13.8 Å². The standard InChI is InChI=1S/C5H8O2.FH.Tm/c1-4(6)3-5(2)7;;/h3H2,1-2H3;1H;. The van der Waals surface area contributed by atoms with Crippen molar-refractivity contribution >= 4 is 11.6 Å². The van der Waals surface area contributed by atoms with Crippen molar-refractivity contribution in [3.63, 3.8) is 0 Å². The second kappa shape index (κ2) is 8.50. The van der Waals surface area contributed by atoms with Crippen LogP contribution in [0.25, 0.3) is 0 Å². The minimum atomic E-state index is -0.0625. The predicted octanol–water partition coefficient (Wildman–Crippen LogP) is 0.707. The average Bonchev–Trinajstić information content (AvgIpc) is 1.27. The Morgan fingerprint density at radius 3 is 1.33 bits per heavy atom. The molecular formula is C5H9FO2Tm. The van der Waals surface area contributed by atoms with E-state index in [4.69, 9.17) is 0 Å². The van der Waals surface area contributed by atoms with Crippen LogP contribution in [-0.2, 0) is 9.59 Å². The van der Waals surface area contributed by atoms with Crippen LogP contribution in [0, 0.1) is 36.9 Å². The topological polar surface area (TPSA) is 34.1 Å². The van der Waals surface area contributed by atoms with Gasteiger partial charge < -0.3 is 0 Å². The van der Waals surface area contributed by atoms with Crippen LogP contribution in [0.1, 0.15) is 20.3 Å². The summed E-state index contributed by atoms with van der Waals surface area (Å²) in [5.41, 5.74) is 0. The molecule has 9 heavy (non-hydrogen) atoms. The number of Topliss-reactive ketones (excluding diaryl/α,β-unsaturated/α-hetero) is 2. The number of carbonyl (C=O) groups is 2. The van der Waals surface area contributed by atoms with Crippen molar-refractivity contribution < 1.29 is 51.2 Å². The van der Waals surface area contributed by atoms with Gasteiger partial charge in [0.25, 0.3) is 0 Å². The number of hydrogen-bond donors (Lipinski definition) is 0. The molecule has 0 saturated carbocycles. The van der Waals surface area contributed by atoms with Gasteiger partial charge in [-0.2, -0.15) is 0 Å². The molecule has 0 aliphatic heterocycles. The molecule has 0 fully saturated rings. The van der Waals surface area contributed by atoms with Crippen molar-refractivity contribution in [1.82, 2.24) is 0 Å². The van der Waals surface area contributed by atoms with Crippen LogP contribution in [0.3, 0.4) is 0 Å². The molecule has 0 amide bonds. The normalized spacial score (nSPS) is 6.44. The first kappa shape index (κ1) is 16.2. The summed E-state index contributed by atoms with van der Waals surface area (Å²) in [5, 5.41) is 0. The average molecular weight is 289 g/mol. The van der Waals surface area contributed by atoms with Gasteiger partial charge in [-0.3, -0.25) is 14.3 Å². The van der Waals surface area contributed by atoms with Crippen LogP contribution < -0.4 is 0 Å². The second-order valence-electron chi connectivity index (χ2n) is 1.58. The van der Waals surface area contributed by atoms with Gasteiger partial charge in [0, 0.05) is 36.9 Å². The van der Waals surface area contributed by atoms with Crippen LogP contribution in [0.2, 0.25) is 0 Å². The van der Waals surface area contributed by atoms with Crippen LogP contribution >= 0.6 is 0 Å². The summed E-state index contributed by atoms with van der Waals surface area (Å²) in [6, 6.07) is 0. The largest absolute Gasteiger partial charge is 0.300 e. The molecule has 0 unspecified atom stereocenters. The van der Waals surface area contributed by atoms with Gasteiger partial charge >= 0.3 is 0 Å². The molecule has 4 heteroatoms. The monoisotopic (exact) mass is 289 g/mol. The zero-order valence-corrected chi connectivity index (χ0v) is 6.99. The molecule has 1 radical (unpaired) electrons. The number of carbonyl (C=O) groups excluding carboxylic acids is 2. The molecule has 61 valence electrons. The smallest absolute Gasteiger partial charge is 0.137 e. The fourth-order valence-corrected chi connectivity index (χ4v) is 0.351. The molecule has 2 nitrogen and oxygen atoms in total. The molecule has 0 atom stereocenters. The molecule has 0 spiro atoms. The zero-order valence-electron chi connectivity index (χ0n) is 5.21. The molecule has 0 aliphatic carbocycles. The Hall–Kier alpha value is 0.504. The Balaban J connectivity index is -0.000000180. The maximum absolute atomic E-state index is 10.0. The van der Waals surface area contributed by atoms with Crippen molar-refractivity contribution in [2.45, 2.75) is 20.3 Å². The predicted molar refractivity (Wildman–Crippen MR) is 28.5 cm³/mol. The molecule has 0 aromatic carbocycles. The van der Waals surface area contributed by atoms with E-state index >= 15 is 0 Å². The first-order chi connectivity index (χ1) is 3.13. The van der Waals surface area contributed by atoms with E-state index in [-0.39, 0.29) is 59.6 Å². The van der Waals surface area contributed by atoms with Gasteiger partial charge in [0.15, 0.2) is 0 Å². The number of halogens is 1. The summed E-state index contributed by atoms with van der Waals surface area (Å²) in [4.78, 5) is 20.1. The Morgan fingerprint density at radius 2 is 1.33 bits per heavy atom. The van der Waals surface area contributed by atoms with Crippen molar-refractivity contribution in [1.29, 1.82) is 0 Å². The molecule has 0 rings (SSSR count). The maximum atomic E-state index is 10.0. The van der Waals surface area contributed by atoms with Crippen LogP contribution in [0.5, 0.6) is 0 Å². The van der Waals surface area contributed by atoms with Crippen LogP contribution in [-0.4, -0.2) is 11.6 Å². The summed E-state index contributed by atoms with van der Waals surface area (Å²) >= 11 is 0. The SMILES string of the molecule is CC(=O)CC(C)=O.F.[Tm]. The summed E-state index contributed by atoms with van der Waals surface area (Å²) in [7, 11) is 0. The van der Waals surface area contributed by atoms with Gasteiger partial charge in [-0.25, -0.2) is 0 Å². The summed E-state index contributed by atoms with van der Waals surface area (Å²) < 4.78 is 0. The molecule has 0 saturated heterocycles. The third kappa shape index (κ3) is 17.7. The molecule has 0 aromatic rings. The van der Waals surface area contributed by atoms with Gasteiger partial charge in [0.2, 0.25) is 0 Å². The first-order valence-electron chi connectivity index (χ1n) is 2.12. The zero-order chi connectivity index (χ0) is 5.86. The van der Waals surface area contributed by atoms with Gasteiger partial charge in [0.1, 0.15) is 11.6 Å². The van der Waals surface area contributed by atoms with E-state index in [1.54, 1.807) is 0 Å². The number of hydrogen-bond acceptors (Lipinski definition) is 2. The number of ketones is 2. The fraction of sp³-hybridized carbons (Fsp3) is 0.600. The van der Waals surface area contributed by atoms with E-state index in [1.807, 2.05) is 0 Å². The Bertz CT molecular complexity index is 91.1. The van der Waals surface area contributed by atoms with E-state index in [9.17, 15) is 9.59 Å². The van der Waals surface area contributed by atoms with Gasteiger partial charge in [-0.15, -0.1) is 0 Å². The van der Waals surface area contributed by atoms with Crippen molar-refractivity contribution in [3.8, 4) is 0 Å². The van der Waals surface area contributed by atoms with E-state index < -0.39 is 0 Å². The van der Waals surface area contributed by atoms with Gasteiger partial charge in [-0.1, -0.05) is 0 Å². The molecule has 0 N–H and O–H groups in total. The second-order valence-corrected chi connectivity index (χ2v) is 1.58. The Kier molecular flexibility index (Phi) is 15.4. The minimum absolute atomic E-state index is 0. The maximum Gasteiger partial charge on any atom is 0.137 e. The van der Waals surface area contributed by atoms with Crippen molar-refractivity contribution in [2.24, 2.45) is 0 Å². The van der Waals surface area contributed by atoms with Crippen LogP contribution in [0.15, 0.2) is 0 Å². The summed E-state index contributed by atoms with van der Waals surface area (Å²) in [6.45, 7) is 2.81. The van der Waals surface area contributed by atoms with E-state index in [2.05, 4.69) is 0 Å². The molecule has 0 bridgehead atoms. The quantitative estimate of drug-likeness (QED) is 0.702. The molecule has 0 aromatic heterocycles. The Labute approximate surface area is 82.6 Å². The third-order valence-corrected chi connectivity index (χ3v) is 0.498. The molecule has 0 heterocycles. The van der Waals surface area contributed by atoms with E-state index in [0.717, 1.165) is 0 Å². The third-order valence-electron chi connectivity index (χ3n) is 0.498. The minimum Gasteiger partial charge on any atom is -0.300 e.